The summed E-state index contributed by atoms with van der Waals surface area (Å²) in [6.07, 6.45) is -1.52. The Morgan fingerprint density at radius 3 is 2.36 bits per heavy atom. The summed E-state index contributed by atoms with van der Waals surface area (Å²) >= 11 is 0. The van der Waals surface area contributed by atoms with E-state index >= 15 is 0 Å². The van der Waals surface area contributed by atoms with Crippen LogP contribution >= 0.6 is 0 Å². The molecule has 1 atom stereocenters. The van der Waals surface area contributed by atoms with Crippen LogP contribution in [0.4, 0.5) is 4.79 Å². The average Bonchev–Trinajstić information content (AvgIpc) is 1.80. The van der Waals surface area contributed by atoms with Crippen molar-refractivity contribution in [3.8, 4) is 0 Å². The second-order valence-electron chi connectivity index (χ2n) is 3.51. The third-order valence-electron chi connectivity index (χ3n) is 1.38. The summed E-state index contributed by atoms with van der Waals surface area (Å²) in [5.41, 5.74) is 4.43. The standard InChI is InChI=1S/C7H15NO3/c1-7(2,3)5(9)4-11-6(8)10/h5,9H,4H2,1-3H3,(H2,8,10)/t5-/m1/s1. The van der Waals surface area contributed by atoms with E-state index in [0.717, 1.165) is 0 Å². The monoisotopic (exact) mass is 161 g/mol. The molecule has 0 heterocycles. The molecule has 0 radical (unpaired) electrons. The predicted molar refractivity (Wildman–Crippen MR) is 41.0 cm³/mol. The Hall–Kier alpha value is -0.770. The molecule has 0 spiro atoms. The lowest BCUT2D eigenvalue weighted by atomic mass is 9.90. The molecule has 11 heavy (non-hydrogen) atoms. The van der Waals surface area contributed by atoms with E-state index in [1.165, 1.54) is 0 Å². The van der Waals surface area contributed by atoms with Crippen LogP contribution in [-0.4, -0.2) is 23.9 Å². The summed E-state index contributed by atoms with van der Waals surface area (Å²) in [6.45, 7) is 5.50. The molecule has 66 valence electrons. The first kappa shape index (κ1) is 10.2. The molecular weight excluding hydrogens is 146 g/mol. The number of carbonyl (C=O) groups is 1. The Kier molecular flexibility index (Phi) is 3.32. The maximum absolute atomic E-state index is 10.1. The summed E-state index contributed by atoms with van der Waals surface area (Å²) < 4.78 is 4.42. The summed E-state index contributed by atoms with van der Waals surface area (Å²) in [7, 11) is 0. The summed E-state index contributed by atoms with van der Waals surface area (Å²) in [5, 5.41) is 9.30. The quantitative estimate of drug-likeness (QED) is 0.619. The van der Waals surface area contributed by atoms with Crippen LogP contribution in [-0.2, 0) is 4.74 Å². The molecule has 0 aliphatic carbocycles. The number of rotatable bonds is 2. The highest BCUT2D eigenvalue weighted by Crippen LogP contribution is 2.18. The van der Waals surface area contributed by atoms with Crippen molar-refractivity contribution in [1.29, 1.82) is 0 Å². The molecule has 0 fully saturated rings. The Bertz CT molecular complexity index is 139. The first-order valence-electron chi connectivity index (χ1n) is 3.44. The Balaban J connectivity index is 3.70. The minimum Gasteiger partial charge on any atom is -0.447 e. The number of hydrogen-bond donors (Lipinski definition) is 2. The molecule has 0 saturated heterocycles. The summed E-state index contributed by atoms with van der Waals surface area (Å²) in [5.74, 6) is 0. The highest BCUT2D eigenvalue weighted by molar-refractivity contribution is 5.64. The maximum atomic E-state index is 10.1. The molecule has 0 aliphatic heterocycles. The van der Waals surface area contributed by atoms with E-state index in [1.807, 2.05) is 20.8 Å². The molecule has 0 aromatic rings. The lowest BCUT2D eigenvalue weighted by Crippen LogP contribution is -2.32. The second-order valence-corrected chi connectivity index (χ2v) is 3.51. The van der Waals surface area contributed by atoms with Gasteiger partial charge in [-0.2, -0.15) is 0 Å². The van der Waals surface area contributed by atoms with Crippen LogP contribution in [0.15, 0.2) is 0 Å². The number of carbonyl (C=O) groups excluding carboxylic acids is 1. The van der Waals surface area contributed by atoms with Gasteiger partial charge in [-0.25, -0.2) is 4.79 Å². The molecule has 0 aromatic carbocycles. The van der Waals surface area contributed by atoms with Crippen LogP contribution in [0, 0.1) is 5.41 Å². The number of nitrogens with two attached hydrogens (primary N) is 1. The predicted octanol–water partition coefficient (Wildman–Crippen LogP) is 0.489. The van der Waals surface area contributed by atoms with E-state index in [-0.39, 0.29) is 12.0 Å². The van der Waals surface area contributed by atoms with Crippen LogP contribution in [0.3, 0.4) is 0 Å². The van der Waals surface area contributed by atoms with Crippen molar-refractivity contribution < 1.29 is 14.6 Å². The van der Waals surface area contributed by atoms with E-state index in [4.69, 9.17) is 5.73 Å². The van der Waals surface area contributed by atoms with Gasteiger partial charge in [0.25, 0.3) is 0 Å². The SMILES string of the molecule is CC(C)(C)[C@H](O)COC(N)=O. The lowest BCUT2D eigenvalue weighted by Gasteiger charge is -2.24. The average molecular weight is 161 g/mol. The van der Waals surface area contributed by atoms with Crippen LogP contribution in [0.2, 0.25) is 0 Å². The molecule has 3 N–H and O–H groups in total. The minimum absolute atomic E-state index is 0.0428. The van der Waals surface area contributed by atoms with Crippen LogP contribution in [0.5, 0.6) is 0 Å². The Labute approximate surface area is 66.3 Å². The fourth-order valence-corrected chi connectivity index (χ4v) is 0.411. The smallest absolute Gasteiger partial charge is 0.404 e. The van der Waals surface area contributed by atoms with Gasteiger partial charge in [0.05, 0.1) is 6.10 Å². The number of hydrogen-bond acceptors (Lipinski definition) is 3. The van der Waals surface area contributed by atoms with Crippen LogP contribution in [0.1, 0.15) is 20.8 Å². The minimum atomic E-state index is -0.853. The molecule has 0 aromatic heterocycles. The van der Waals surface area contributed by atoms with Crippen molar-refractivity contribution in [2.24, 2.45) is 11.1 Å². The van der Waals surface area contributed by atoms with E-state index < -0.39 is 12.2 Å². The maximum Gasteiger partial charge on any atom is 0.404 e. The molecule has 0 rings (SSSR count). The van der Waals surface area contributed by atoms with Crippen molar-refractivity contribution in [3.63, 3.8) is 0 Å². The first-order valence-corrected chi connectivity index (χ1v) is 3.44. The van der Waals surface area contributed by atoms with Gasteiger partial charge in [0.1, 0.15) is 6.61 Å². The van der Waals surface area contributed by atoms with Gasteiger partial charge in [-0.1, -0.05) is 20.8 Å². The van der Waals surface area contributed by atoms with E-state index in [0.29, 0.717) is 0 Å². The molecule has 0 saturated carbocycles. The van der Waals surface area contributed by atoms with Crippen molar-refractivity contribution in [1.82, 2.24) is 0 Å². The number of aliphatic hydroxyl groups excluding tert-OH is 1. The number of amides is 1. The fourth-order valence-electron chi connectivity index (χ4n) is 0.411. The van der Waals surface area contributed by atoms with E-state index in [1.54, 1.807) is 0 Å². The molecular formula is C7H15NO3. The molecule has 0 unspecified atom stereocenters. The highest BCUT2D eigenvalue weighted by atomic mass is 16.6. The van der Waals surface area contributed by atoms with Gasteiger partial charge in [-0.15, -0.1) is 0 Å². The van der Waals surface area contributed by atoms with Crippen LogP contribution < -0.4 is 5.73 Å². The molecule has 0 bridgehead atoms. The molecule has 4 nitrogen and oxygen atoms in total. The molecule has 4 heteroatoms. The van der Waals surface area contributed by atoms with Crippen LogP contribution in [0.25, 0.3) is 0 Å². The zero-order valence-electron chi connectivity index (χ0n) is 7.13. The zero-order valence-corrected chi connectivity index (χ0v) is 7.13. The van der Waals surface area contributed by atoms with Gasteiger partial charge < -0.3 is 15.6 Å². The van der Waals surface area contributed by atoms with Gasteiger partial charge in [-0.05, 0) is 5.41 Å². The zero-order chi connectivity index (χ0) is 9.07. The van der Waals surface area contributed by atoms with Gasteiger partial charge in [0.15, 0.2) is 0 Å². The van der Waals surface area contributed by atoms with Gasteiger partial charge in [0.2, 0.25) is 0 Å². The Morgan fingerprint density at radius 1 is 1.64 bits per heavy atom. The van der Waals surface area contributed by atoms with Crippen molar-refractivity contribution in [2.45, 2.75) is 26.9 Å². The number of primary amides is 1. The Morgan fingerprint density at radius 2 is 2.09 bits per heavy atom. The third-order valence-corrected chi connectivity index (χ3v) is 1.38. The normalized spacial score (nSPS) is 14.2. The first-order chi connectivity index (χ1) is 4.84. The van der Waals surface area contributed by atoms with E-state index in [9.17, 15) is 9.90 Å². The summed E-state index contributed by atoms with van der Waals surface area (Å²) in [4.78, 5) is 10.1. The van der Waals surface area contributed by atoms with Crippen molar-refractivity contribution in [3.05, 3.63) is 0 Å². The topological polar surface area (TPSA) is 72.6 Å². The van der Waals surface area contributed by atoms with Crippen molar-refractivity contribution >= 4 is 6.09 Å². The summed E-state index contributed by atoms with van der Waals surface area (Å²) in [6, 6.07) is 0. The number of aliphatic hydroxyl groups is 1. The van der Waals surface area contributed by atoms with Gasteiger partial charge in [-0.3, -0.25) is 0 Å². The lowest BCUT2D eigenvalue weighted by molar-refractivity contribution is 0.00625. The second kappa shape index (κ2) is 3.57. The van der Waals surface area contributed by atoms with Gasteiger partial charge >= 0.3 is 6.09 Å². The van der Waals surface area contributed by atoms with Gasteiger partial charge in [0, 0.05) is 0 Å². The largest absolute Gasteiger partial charge is 0.447 e. The van der Waals surface area contributed by atoms with E-state index in [2.05, 4.69) is 4.74 Å². The molecule has 0 aliphatic rings. The van der Waals surface area contributed by atoms with Crippen molar-refractivity contribution in [2.75, 3.05) is 6.61 Å². The number of ether oxygens (including phenoxy) is 1. The molecule has 1 amide bonds. The highest BCUT2D eigenvalue weighted by Gasteiger charge is 2.22. The third kappa shape index (κ3) is 4.61. The fraction of sp³-hybridized carbons (Fsp3) is 0.857.